The minimum absolute atomic E-state index is 0.00200. The van der Waals surface area contributed by atoms with Gasteiger partial charge in [-0.3, -0.25) is 14.7 Å². The van der Waals surface area contributed by atoms with Crippen LogP contribution in [0.25, 0.3) is 0 Å². The lowest BCUT2D eigenvalue weighted by Crippen LogP contribution is -2.46. The zero-order chi connectivity index (χ0) is 23.2. The average molecular weight is 453 g/mol. The first kappa shape index (κ1) is 23.5. The Hall–Kier alpha value is -2.67. The quantitative estimate of drug-likeness (QED) is 0.697. The highest BCUT2D eigenvalue weighted by Gasteiger charge is 2.34. The number of ether oxygens (including phenoxy) is 1. The molecule has 7 nitrogen and oxygen atoms in total. The maximum Gasteiger partial charge on any atom is 0.242 e. The summed E-state index contributed by atoms with van der Waals surface area (Å²) in [5.41, 5.74) is 4.12. The van der Waals surface area contributed by atoms with Gasteiger partial charge in [-0.05, 0) is 44.2 Å². The van der Waals surface area contributed by atoms with Crippen LogP contribution in [0.4, 0.5) is 0 Å². The maximum absolute atomic E-state index is 13.3. The van der Waals surface area contributed by atoms with E-state index in [9.17, 15) is 9.59 Å². The predicted octanol–water partition coefficient (Wildman–Crippen LogP) is 3.55. The predicted molar refractivity (Wildman–Crippen MR) is 127 cm³/mol. The van der Waals surface area contributed by atoms with Gasteiger partial charge < -0.3 is 14.5 Å². The van der Waals surface area contributed by atoms with E-state index in [2.05, 4.69) is 10.2 Å². The molecule has 1 aromatic heterocycles. The number of rotatable bonds is 7. The smallest absolute Gasteiger partial charge is 0.242 e. The van der Waals surface area contributed by atoms with Gasteiger partial charge in [-0.25, -0.2) is 0 Å². The van der Waals surface area contributed by atoms with Gasteiger partial charge in [-0.15, -0.1) is 0 Å². The molecule has 178 valence electrons. The summed E-state index contributed by atoms with van der Waals surface area (Å²) >= 11 is 0. The first-order valence-corrected chi connectivity index (χ1v) is 12.2. The van der Waals surface area contributed by atoms with Crippen LogP contribution < -0.4 is 0 Å². The molecule has 0 radical (unpaired) electrons. The Morgan fingerprint density at radius 2 is 1.88 bits per heavy atom. The lowest BCUT2D eigenvalue weighted by atomic mass is 9.94. The molecule has 1 N–H and O–H groups in total. The summed E-state index contributed by atoms with van der Waals surface area (Å²) in [5, 5.41) is 7.21. The maximum atomic E-state index is 13.3. The van der Waals surface area contributed by atoms with E-state index in [1.165, 1.54) is 6.42 Å². The Bertz CT molecular complexity index is 917. The van der Waals surface area contributed by atoms with Crippen molar-refractivity contribution in [1.29, 1.82) is 0 Å². The van der Waals surface area contributed by atoms with E-state index in [-0.39, 0.29) is 30.5 Å². The number of benzene rings is 1. The molecule has 2 aromatic rings. The summed E-state index contributed by atoms with van der Waals surface area (Å²) in [5.74, 6) is 0.0545. The number of H-pyrrole nitrogens is 1. The molecule has 1 saturated heterocycles. The molecule has 1 saturated carbocycles. The first-order valence-electron chi connectivity index (χ1n) is 12.2. The standard InChI is InChI=1S/C26H36N4O3/c1-19-24(20(2)28-27-19)13-14-25(31)29-15-23(33-18-21-9-5-3-6-10-21)16-30(26(32)17-29)22-11-7-4-8-12-22/h3,5-6,9-10,22-23H,4,7-8,11-18H2,1-2H3,(H,27,28)/t23-/m0/s1. The van der Waals surface area contributed by atoms with E-state index < -0.39 is 0 Å². The number of amides is 2. The number of carbonyl (C=O) groups excluding carboxylic acids is 2. The number of aromatic nitrogens is 2. The number of nitrogens with one attached hydrogen (secondary N) is 1. The molecular formula is C26H36N4O3. The second-order valence-electron chi connectivity index (χ2n) is 9.44. The Kier molecular flexibility index (Phi) is 7.81. The van der Waals surface area contributed by atoms with Crippen molar-refractivity contribution in [2.75, 3.05) is 19.6 Å². The van der Waals surface area contributed by atoms with Crippen LogP contribution in [0.2, 0.25) is 0 Å². The fourth-order valence-corrected chi connectivity index (χ4v) is 5.10. The van der Waals surface area contributed by atoms with Gasteiger partial charge in [0, 0.05) is 31.2 Å². The van der Waals surface area contributed by atoms with Crippen LogP contribution in [0.15, 0.2) is 30.3 Å². The number of aromatic amines is 1. The molecule has 1 aromatic carbocycles. The molecule has 2 heterocycles. The summed E-state index contributed by atoms with van der Waals surface area (Å²) in [6.07, 6.45) is 6.45. The minimum atomic E-state index is -0.195. The van der Waals surface area contributed by atoms with E-state index in [1.54, 1.807) is 4.90 Å². The number of aryl methyl sites for hydroxylation is 2. The third-order valence-electron chi connectivity index (χ3n) is 7.04. The van der Waals surface area contributed by atoms with Crippen molar-refractivity contribution in [3.8, 4) is 0 Å². The summed E-state index contributed by atoms with van der Waals surface area (Å²) < 4.78 is 6.28. The van der Waals surface area contributed by atoms with Gasteiger partial charge in [0.1, 0.15) is 0 Å². The monoisotopic (exact) mass is 452 g/mol. The Balaban J connectivity index is 1.45. The van der Waals surface area contributed by atoms with Crippen LogP contribution in [0.5, 0.6) is 0 Å². The first-order chi connectivity index (χ1) is 16.0. The molecule has 33 heavy (non-hydrogen) atoms. The fourth-order valence-electron chi connectivity index (χ4n) is 5.10. The highest BCUT2D eigenvalue weighted by Crippen LogP contribution is 2.25. The van der Waals surface area contributed by atoms with Crippen LogP contribution in [0, 0.1) is 13.8 Å². The molecule has 4 rings (SSSR count). The second kappa shape index (κ2) is 11.0. The third-order valence-corrected chi connectivity index (χ3v) is 7.04. The van der Waals surface area contributed by atoms with Crippen molar-refractivity contribution >= 4 is 11.8 Å². The Morgan fingerprint density at radius 3 is 2.58 bits per heavy atom. The van der Waals surface area contributed by atoms with E-state index in [4.69, 9.17) is 4.74 Å². The van der Waals surface area contributed by atoms with E-state index in [0.29, 0.717) is 32.5 Å². The number of hydrogen-bond acceptors (Lipinski definition) is 4. The molecule has 0 spiro atoms. The van der Waals surface area contributed by atoms with E-state index in [1.807, 2.05) is 49.1 Å². The normalized spacial score (nSPS) is 20.2. The van der Waals surface area contributed by atoms with Gasteiger partial charge in [-0.2, -0.15) is 5.10 Å². The molecule has 7 heteroatoms. The molecule has 2 amide bonds. The Labute approximate surface area is 196 Å². The van der Waals surface area contributed by atoms with Gasteiger partial charge >= 0.3 is 0 Å². The SMILES string of the molecule is Cc1n[nH]c(C)c1CCC(=O)N1CC(=O)N(C2CCCCC2)C[C@@H](OCc2ccccc2)C1. The summed E-state index contributed by atoms with van der Waals surface area (Å²) in [4.78, 5) is 30.2. The highest BCUT2D eigenvalue weighted by molar-refractivity contribution is 5.85. The zero-order valence-electron chi connectivity index (χ0n) is 19.9. The number of carbonyl (C=O) groups is 2. The summed E-state index contributed by atoms with van der Waals surface area (Å²) in [6.45, 7) is 5.56. The largest absolute Gasteiger partial charge is 0.370 e. The lowest BCUT2D eigenvalue weighted by molar-refractivity contribution is -0.140. The average Bonchev–Trinajstić information content (AvgIpc) is 3.05. The van der Waals surface area contributed by atoms with Crippen molar-refractivity contribution in [1.82, 2.24) is 20.0 Å². The fraction of sp³-hybridized carbons (Fsp3) is 0.577. The molecule has 1 aliphatic heterocycles. The van der Waals surface area contributed by atoms with Crippen LogP contribution in [-0.4, -0.2) is 63.6 Å². The van der Waals surface area contributed by atoms with Crippen molar-refractivity contribution in [3.05, 3.63) is 52.8 Å². The van der Waals surface area contributed by atoms with Crippen molar-refractivity contribution in [3.63, 3.8) is 0 Å². The van der Waals surface area contributed by atoms with E-state index >= 15 is 0 Å². The Morgan fingerprint density at radius 1 is 1.12 bits per heavy atom. The molecule has 1 atom stereocenters. The molecule has 2 fully saturated rings. The lowest BCUT2D eigenvalue weighted by Gasteiger charge is -2.34. The van der Waals surface area contributed by atoms with Gasteiger partial charge in [-0.1, -0.05) is 49.6 Å². The van der Waals surface area contributed by atoms with Crippen LogP contribution in [0.1, 0.15) is 61.0 Å². The van der Waals surface area contributed by atoms with E-state index in [0.717, 1.165) is 48.2 Å². The van der Waals surface area contributed by atoms with Gasteiger partial charge in [0.2, 0.25) is 11.8 Å². The summed E-state index contributed by atoms with van der Waals surface area (Å²) in [6, 6.07) is 10.3. The van der Waals surface area contributed by atoms with Crippen LogP contribution in [-0.2, 0) is 27.4 Å². The van der Waals surface area contributed by atoms with Gasteiger partial charge in [0.05, 0.1) is 24.9 Å². The van der Waals surface area contributed by atoms with Crippen molar-refractivity contribution < 1.29 is 14.3 Å². The van der Waals surface area contributed by atoms with Crippen LogP contribution in [0.3, 0.4) is 0 Å². The number of nitrogens with zero attached hydrogens (tertiary/aromatic N) is 3. The topological polar surface area (TPSA) is 78.5 Å². The molecule has 1 aliphatic carbocycles. The number of hydrogen-bond donors (Lipinski definition) is 1. The van der Waals surface area contributed by atoms with Gasteiger partial charge in [0.15, 0.2) is 0 Å². The van der Waals surface area contributed by atoms with Gasteiger partial charge in [0.25, 0.3) is 0 Å². The highest BCUT2D eigenvalue weighted by atomic mass is 16.5. The molecule has 0 unspecified atom stereocenters. The van der Waals surface area contributed by atoms with Crippen molar-refractivity contribution in [2.45, 2.75) is 77.5 Å². The summed E-state index contributed by atoms with van der Waals surface area (Å²) in [7, 11) is 0. The minimum Gasteiger partial charge on any atom is -0.370 e. The molecule has 0 bridgehead atoms. The second-order valence-corrected chi connectivity index (χ2v) is 9.44. The molecular weight excluding hydrogens is 416 g/mol. The third kappa shape index (κ3) is 6.02. The zero-order valence-corrected chi connectivity index (χ0v) is 19.9. The van der Waals surface area contributed by atoms with Crippen LogP contribution >= 0.6 is 0 Å². The van der Waals surface area contributed by atoms with Crippen molar-refractivity contribution in [2.24, 2.45) is 0 Å². The molecule has 2 aliphatic rings.